The van der Waals surface area contributed by atoms with Gasteiger partial charge in [0.05, 0.1) is 6.04 Å². The van der Waals surface area contributed by atoms with Gasteiger partial charge in [-0.1, -0.05) is 75.4 Å². The first-order valence-corrected chi connectivity index (χ1v) is 10.1. The molecule has 1 aliphatic rings. The van der Waals surface area contributed by atoms with E-state index in [1.165, 1.54) is 16.7 Å². The van der Waals surface area contributed by atoms with Crippen molar-refractivity contribution < 1.29 is 4.79 Å². The van der Waals surface area contributed by atoms with E-state index in [2.05, 4.69) is 62.5 Å². The van der Waals surface area contributed by atoms with Gasteiger partial charge < -0.3 is 10.2 Å². The normalized spacial score (nSPS) is 15.7. The van der Waals surface area contributed by atoms with Crippen molar-refractivity contribution in [2.75, 3.05) is 13.1 Å². The molecule has 1 heterocycles. The maximum absolute atomic E-state index is 13.0. The van der Waals surface area contributed by atoms with E-state index in [9.17, 15) is 4.79 Å². The van der Waals surface area contributed by atoms with Crippen LogP contribution in [-0.2, 0) is 23.2 Å². The summed E-state index contributed by atoms with van der Waals surface area (Å²) in [5.41, 5.74) is 3.91. The molecule has 0 spiro atoms. The molecule has 1 saturated heterocycles. The zero-order valence-corrected chi connectivity index (χ0v) is 16.9. The number of hydrogen-bond acceptors (Lipinski definition) is 2. The van der Waals surface area contributed by atoms with Crippen LogP contribution in [0.15, 0.2) is 54.6 Å². The van der Waals surface area contributed by atoms with Crippen molar-refractivity contribution in [2.45, 2.75) is 58.0 Å². The highest BCUT2D eigenvalue weighted by Gasteiger charge is 2.26. The number of carbonyl (C=O) groups is 1. The summed E-state index contributed by atoms with van der Waals surface area (Å²) in [7, 11) is 0. The van der Waals surface area contributed by atoms with Crippen LogP contribution in [0.2, 0.25) is 0 Å². The minimum atomic E-state index is -0.173. The Hall–Kier alpha value is -2.13. The molecule has 3 rings (SSSR count). The first-order chi connectivity index (χ1) is 12.9. The molecule has 1 fully saturated rings. The number of benzene rings is 2. The van der Waals surface area contributed by atoms with Crippen LogP contribution < -0.4 is 5.32 Å². The fourth-order valence-corrected chi connectivity index (χ4v) is 3.62. The summed E-state index contributed by atoms with van der Waals surface area (Å²) >= 11 is 0. The maximum Gasteiger partial charge on any atom is 0.240 e. The van der Waals surface area contributed by atoms with E-state index in [4.69, 9.17) is 0 Å². The highest BCUT2D eigenvalue weighted by atomic mass is 16.2. The monoisotopic (exact) mass is 364 g/mol. The average molecular weight is 365 g/mol. The molecule has 27 heavy (non-hydrogen) atoms. The molecule has 0 radical (unpaired) electrons. The molecule has 0 bridgehead atoms. The van der Waals surface area contributed by atoms with Gasteiger partial charge in [0.15, 0.2) is 0 Å². The Morgan fingerprint density at radius 3 is 2.19 bits per heavy atom. The van der Waals surface area contributed by atoms with Gasteiger partial charge in [-0.25, -0.2) is 0 Å². The third-order valence-electron chi connectivity index (χ3n) is 5.37. The van der Waals surface area contributed by atoms with Gasteiger partial charge >= 0.3 is 0 Å². The number of amides is 1. The van der Waals surface area contributed by atoms with E-state index in [0.717, 1.165) is 32.4 Å². The van der Waals surface area contributed by atoms with Crippen LogP contribution in [0.25, 0.3) is 0 Å². The first-order valence-electron chi connectivity index (χ1n) is 10.1. The van der Waals surface area contributed by atoms with Gasteiger partial charge in [-0.05, 0) is 41.4 Å². The SMILES string of the molecule is CC(C)(C)c1ccc(CN[C@@H](Cc2ccccc2)C(=O)N2CCCC2)cc1. The summed E-state index contributed by atoms with van der Waals surface area (Å²) in [6.45, 7) is 9.18. The molecule has 3 nitrogen and oxygen atoms in total. The summed E-state index contributed by atoms with van der Waals surface area (Å²) in [5, 5.41) is 3.53. The van der Waals surface area contributed by atoms with Gasteiger partial charge in [-0.2, -0.15) is 0 Å². The summed E-state index contributed by atoms with van der Waals surface area (Å²) in [5.74, 6) is 0.239. The lowest BCUT2D eigenvalue weighted by Crippen LogP contribution is -2.46. The highest BCUT2D eigenvalue weighted by Crippen LogP contribution is 2.22. The molecular formula is C24H32N2O. The number of rotatable bonds is 6. The molecule has 144 valence electrons. The number of nitrogens with zero attached hydrogens (tertiary/aromatic N) is 1. The molecule has 3 heteroatoms. The van der Waals surface area contributed by atoms with E-state index in [-0.39, 0.29) is 17.4 Å². The fraction of sp³-hybridized carbons (Fsp3) is 0.458. The molecule has 0 aliphatic carbocycles. The van der Waals surface area contributed by atoms with Crippen LogP contribution in [0.1, 0.15) is 50.3 Å². The largest absolute Gasteiger partial charge is 0.341 e. The third kappa shape index (κ3) is 5.43. The highest BCUT2D eigenvalue weighted by molar-refractivity contribution is 5.82. The van der Waals surface area contributed by atoms with E-state index >= 15 is 0 Å². The second-order valence-electron chi connectivity index (χ2n) is 8.60. The van der Waals surface area contributed by atoms with Crippen LogP contribution in [0.3, 0.4) is 0 Å². The molecular weight excluding hydrogens is 332 g/mol. The minimum absolute atomic E-state index is 0.160. The van der Waals surface area contributed by atoms with Crippen LogP contribution in [-0.4, -0.2) is 29.9 Å². The Morgan fingerprint density at radius 2 is 1.59 bits per heavy atom. The summed E-state index contributed by atoms with van der Waals surface area (Å²) < 4.78 is 0. The van der Waals surface area contributed by atoms with E-state index in [1.807, 2.05) is 23.1 Å². The quantitative estimate of drug-likeness (QED) is 0.828. The first kappa shape index (κ1) is 19.6. The lowest BCUT2D eigenvalue weighted by molar-refractivity contribution is -0.132. The summed E-state index contributed by atoms with van der Waals surface area (Å²) in [6, 6.07) is 18.9. The zero-order chi connectivity index (χ0) is 19.3. The van der Waals surface area contributed by atoms with Crippen molar-refractivity contribution in [1.29, 1.82) is 0 Å². The Labute approximate surface area is 163 Å². The standard InChI is InChI=1S/C24H32N2O/c1-24(2,3)21-13-11-20(12-14-21)18-25-22(17-19-9-5-4-6-10-19)23(27)26-15-7-8-16-26/h4-6,9-14,22,25H,7-8,15-18H2,1-3H3/t22-/m0/s1. The maximum atomic E-state index is 13.0. The van der Waals surface area contributed by atoms with Crippen molar-refractivity contribution >= 4 is 5.91 Å². The molecule has 0 saturated carbocycles. The van der Waals surface area contributed by atoms with Crippen LogP contribution in [0.5, 0.6) is 0 Å². The number of carbonyl (C=O) groups excluding carboxylic acids is 1. The van der Waals surface area contributed by atoms with Gasteiger partial charge in [0.1, 0.15) is 0 Å². The number of likely N-dealkylation sites (tertiary alicyclic amines) is 1. The molecule has 1 amide bonds. The molecule has 2 aromatic rings. The van der Waals surface area contributed by atoms with Crippen LogP contribution >= 0.6 is 0 Å². The van der Waals surface area contributed by atoms with Gasteiger partial charge in [0, 0.05) is 19.6 Å². The lowest BCUT2D eigenvalue weighted by atomic mass is 9.87. The van der Waals surface area contributed by atoms with Crippen molar-refractivity contribution in [3.05, 3.63) is 71.3 Å². The molecule has 0 unspecified atom stereocenters. The fourth-order valence-electron chi connectivity index (χ4n) is 3.62. The topological polar surface area (TPSA) is 32.3 Å². The van der Waals surface area contributed by atoms with E-state index < -0.39 is 0 Å². The molecule has 0 aromatic heterocycles. The van der Waals surface area contributed by atoms with Crippen molar-refractivity contribution in [3.8, 4) is 0 Å². The summed E-state index contributed by atoms with van der Waals surface area (Å²) in [6.07, 6.45) is 2.98. The third-order valence-corrected chi connectivity index (χ3v) is 5.37. The molecule has 1 atom stereocenters. The average Bonchev–Trinajstić information content (AvgIpc) is 3.20. The molecule has 1 aliphatic heterocycles. The Balaban J connectivity index is 1.68. The predicted octanol–water partition coefficient (Wildman–Crippen LogP) is 4.31. The van der Waals surface area contributed by atoms with Gasteiger partial charge in [-0.3, -0.25) is 4.79 Å². The second kappa shape index (κ2) is 8.71. The lowest BCUT2D eigenvalue weighted by Gasteiger charge is -2.25. The van der Waals surface area contributed by atoms with Crippen molar-refractivity contribution in [2.24, 2.45) is 0 Å². The van der Waals surface area contributed by atoms with Crippen molar-refractivity contribution in [1.82, 2.24) is 10.2 Å². The van der Waals surface area contributed by atoms with Gasteiger partial charge in [0.25, 0.3) is 0 Å². The van der Waals surface area contributed by atoms with E-state index in [0.29, 0.717) is 6.54 Å². The van der Waals surface area contributed by atoms with Crippen molar-refractivity contribution in [3.63, 3.8) is 0 Å². The van der Waals surface area contributed by atoms with Gasteiger partial charge in [0.2, 0.25) is 5.91 Å². The molecule has 1 N–H and O–H groups in total. The summed E-state index contributed by atoms with van der Waals surface area (Å²) in [4.78, 5) is 15.0. The van der Waals surface area contributed by atoms with E-state index in [1.54, 1.807) is 0 Å². The number of hydrogen-bond donors (Lipinski definition) is 1. The van der Waals surface area contributed by atoms with Gasteiger partial charge in [-0.15, -0.1) is 0 Å². The zero-order valence-electron chi connectivity index (χ0n) is 16.9. The van der Waals surface area contributed by atoms with Crippen LogP contribution in [0, 0.1) is 0 Å². The Morgan fingerprint density at radius 1 is 0.963 bits per heavy atom. The molecule has 2 aromatic carbocycles. The Bertz CT molecular complexity index is 725. The number of nitrogens with one attached hydrogen (secondary N) is 1. The predicted molar refractivity (Wildman–Crippen MR) is 112 cm³/mol. The minimum Gasteiger partial charge on any atom is -0.341 e. The Kier molecular flexibility index (Phi) is 6.33. The second-order valence-corrected chi connectivity index (χ2v) is 8.60. The van der Waals surface area contributed by atoms with Crippen LogP contribution in [0.4, 0.5) is 0 Å². The smallest absolute Gasteiger partial charge is 0.240 e.